The Kier molecular flexibility index (Phi) is 5.13. The van der Waals surface area contributed by atoms with Crippen molar-refractivity contribution in [3.05, 3.63) is 34.9 Å². The summed E-state index contributed by atoms with van der Waals surface area (Å²) in [4.78, 5) is 0. The molecular weight excluding hydrogens is 238 g/mol. The van der Waals surface area contributed by atoms with Gasteiger partial charge in [0.25, 0.3) is 0 Å². The van der Waals surface area contributed by atoms with Crippen molar-refractivity contribution in [3.63, 3.8) is 0 Å². The topological polar surface area (TPSA) is 12.0 Å². The second kappa shape index (κ2) is 6.63. The van der Waals surface area contributed by atoms with Crippen LogP contribution < -0.4 is 5.32 Å². The third-order valence-electron chi connectivity index (χ3n) is 4.00. The van der Waals surface area contributed by atoms with E-state index < -0.39 is 0 Å². The molecule has 2 heteroatoms. The second-order valence-corrected chi connectivity index (χ2v) is 6.92. The molecule has 0 radical (unpaired) electrons. The van der Waals surface area contributed by atoms with Gasteiger partial charge in [0, 0.05) is 17.8 Å². The molecule has 18 heavy (non-hydrogen) atoms. The summed E-state index contributed by atoms with van der Waals surface area (Å²) < 4.78 is 0. The average molecular weight is 263 g/mol. The van der Waals surface area contributed by atoms with Gasteiger partial charge in [-0.2, -0.15) is 11.8 Å². The lowest BCUT2D eigenvalue weighted by Gasteiger charge is -2.16. The highest BCUT2D eigenvalue weighted by Crippen LogP contribution is 2.30. The van der Waals surface area contributed by atoms with Crippen LogP contribution in [-0.2, 0) is 6.54 Å². The van der Waals surface area contributed by atoms with Crippen LogP contribution in [0.4, 0.5) is 0 Å². The van der Waals surface area contributed by atoms with Gasteiger partial charge in [-0.3, -0.25) is 0 Å². The fraction of sp³-hybridized carbons (Fsp3) is 0.625. The van der Waals surface area contributed by atoms with E-state index >= 15 is 0 Å². The second-order valence-electron chi connectivity index (χ2n) is 5.34. The van der Waals surface area contributed by atoms with Gasteiger partial charge < -0.3 is 5.32 Å². The molecule has 0 spiro atoms. The molecule has 2 unspecified atom stereocenters. The Morgan fingerprint density at radius 3 is 2.61 bits per heavy atom. The first-order valence-corrected chi connectivity index (χ1v) is 8.15. The average Bonchev–Trinajstić information content (AvgIpc) is 2.77. The number of hydrogen-bond donors (Lipinski definition) is 1. The van der Waals surface area contributed by atoms with E-state index in [-0.39, 0.29) is 0 Å². The van der Waals surface area contributed by atoms with Crippen LogP contribution in [0.3, 0.4) is 0 Å². The molecule has 1 aromatic carbocycles. The minimum atomic E-state index is 0.730. The first-order valence-electron chi connectivity index (χ1n) is 7.10. The van der Waals surface area contributed by atoms with E-state index in [1.54, 1.807) is 0 Å². The molecule has 0 saturated heterocycles. The van der Waals surface area contributed by atoms with Gasteiger partial charge in [0.1, 0.15) is 0 Å². The van der Waals surface area contributed by atoms with Crippen LogP contribution >= 0.6 is 11.8 Å². The standard InChI is InChI=1S/C16H25NS/c1-4-18-15-9-8-14(10-15)17-11-16-12(2)6-5-7-13(16)3/h5-7,14-15,17H,4,8-11H2,1-3H3. The quantitative estimate of drug-likeness (QED) is 0.859. The molecule has 0 aliphatic heterocycles. The van der Waals surface area contributed by atoms with Crippen LogP contribution in [0.2, 0.25) is 0 Å². The molecule has 1 saturated carbocycles. The van der Waals surface area contributed by atoms with Crippen molar-refractivity contribution < 1.29 is 0 Å². The van der Waals surface area contributed by atoms with Gasteiger partial charge in [0.15, 0.2) is 0 Å². The third-order valence-corrected chi connectivity index (χ3v) is 5.23. The van der Waals surface area contributed by atoms with E-state index in [1.807, 2.05) is 0 Å². The molecular formula is C16H25NS. The number of aryl methyl sites for hydroxylation is 2. The van der Waals surface area contributed by atoms with Crippen molar-refractivity contribution in [2.75, 3.05) is 5.75 Å². The van der Waals surface area contributed by atoms with E-state index in [4.69, 9.17) is 0 Å². The Balaban J connectivity index is 1.85. The Morgan fingerprint density at radius 2 is 1.94 bits per heavy atom. The summed E-state index contributed by atoms with van der Waals surface area (Å²) >= 11 is 2.13. The fourth-order valence-corrected chi connectivity index (χ4v) is 4.03. The lowest BCUT2D eigenvalue weighted by atomic mass is 10.0. The zero-order chi connectivity index (χ0) is 13.0. The van der Waals surface area contributed by atoms with E-state index in [1.165, 1.54) is 41.7 Å². The molecule has 1 N–H and O–H groups in total. The number of nitrogens with one attached hydrogen (secondary N) is 1. The third kappa shape index (κ3) is 3.52. The predicted molar refractivity (Wildman–Crippen MR) is 82.3 cm³/mol. The zero-order valence-electron chi connectivity index (χ0n) is 11.8. The first-order chi connectivity index (χ1) is 8.70. The minimum absolute atomic E-state index is 0.730. The molecule has 0 amide bonds. The summed E-state index contributed by atoms with van der Waals surface area (Å²) in [6.45, 7) is 7.73. The van der Waals surface area contributed by atoms with Gasteiger partial charge in [0.2, 0.25) is 0 Å². The molecule has 1 aliphatic rings. The monoisotopic (exact) mass is 263 g/mol. The molecule has 2 atom stereocenters. The van der Waals surface area contributed by atoms with Crippen molar-refractivity contribution in [1.29, 1.82) is 0 Å². The number of thioether (sulfide) groups is 1. The van der Waals surface area contributed by atoms with Gasteiger partial charge in [-0.15, -0.1) is 0 Å². The predicted octanol–water partition coefficient (Wildman–Crippen LogP) is 4.07. The summed E-state index contributed by atoms with van der Waals surface area (Å²) in [5, 5.41) is 4.65. The van der Waals surface area contributed by atoms with Gasteiger partial charge in [0.05, 0.1) is 0 Å². The Morgan fingerprint density at radius 1 is 1.22 bits per heavy atom. The summed E-state index contributed by atoms with van der Waals surface area (Å²) in [6, 6.07) is 7.31. The van der Waals surface area contributed by atoms with Crippen molar-refractivity contribution in [2.45, 2.75) is 57.9 Å². The molecule has 0 aromatic heterocycles. The van der Waals surface area contributed by atoms with Crippen LogP contribution in [0.5, 0.6) is 0 Å². The van der Waals surface area contributed by atoms with Crippen LogP contribution in [0.15, 0.2) is 18.2 Å². The Labute approximate surface area is 116 Å². The van der Waals surface area contributed by atoms with Crippen molar-refractivity contribution in [1.82, 2.24) is 5.32 Å². The largest absolute Gasteiger partial charge is 0.310 e. The highest BCUT2D eigenvalue weighted by molar-refractivity contribution is 7.99. The van der Waals surface area contributed by atoms with Gasteiger partial charge in [-0.25, -0.2) is 0 Å². The summed E-state index contributed by atoms with van der Waals surface area (Å²) in [5.74, 6) is 1.26. The first kappa shape index (κ1) is 14.0. The molecule has 100 valence electrons. The number of rotatable bonds is 5. The maximum atomic E-state index is 3.75. The SMILES string of the molecule is CCSC1CCC(NCc2c(C)cccc2C)C1. The number of benzene rings is 1. The molecule has 0 heterocycles. The maximum absolute atomic E-state index is 3.75. The van der Waals surface area contributed by atoms with E-state index in [0.717, 1.165) is 17.8 Å². The summed E-state index contributed by atoms with van der Waals surface area (Å²) in [5.41, 5.74) is 4.32. The molecule has 0 bridgehead atoms. The van der Waals surface area contributed by atoms with E-state index in [2.05, 4.69) is 56.0 Å². The van der Waals surface area contributed by atoms with E-state index in [0.29, 0.717) is 0 Å². The highest BCUT2D eigenvalue weighted by atomic mass is 32.2. The highest BCUT2D eigenvalue weighted by Gasteiger charge is 2.24. The molecule has 1 fully saturated rings. The molecule has 1 nitrogen and oxygen atoms in total. The molecule has 1 aromatic rings. The normalized spacial score (nSPS) is 23.5. The fourth-order valence-electron chi connectivity index (χ4n) is 2.89. The smallest absolute Gasteiger partial charge is 0.0213 e. The van der Waals surface area contributed by atoms with Gasteiger partial charge in [-0.1, -0.05) is 25.1 Å². The Hall–Kier alpha value is -0.470. The molecule has 2 rings (SSSR count). The van der Waals surface area contributed by atoms with Crippen LogP contribution in [0, 0.1) is 13.8 Å². The lowest BCUT2D eigenvalue weighted by Crippen LogP contribution is -2.26. The lowest BCUT2D eigenvalue weighted by molar-refractivity contribution is 0.523. The zero-order valence-corrected chi connectivity index (χ0v) is 12.6. The van der Waals surface area contributed by atoms with E-state index in [9.17, 15) is 0 Å². The number of hydrogen-bond acceptors (Lipinski definition) is 2. The maximum Gasteiger partial charge on any atom is 0.0213 e. The van der Waals surface area contributed by atoms with Crippen molar-refractivity contribution in [2.24, 2.45) is 0 Å². The summed E-state index contributed by atoms with van der Waals surface area (Å²) in [6.07, 6.45) is 4.09. The van der Waals surface area contributed by atoms with Crippen molar-refractivity contribution in [3.8, 4) is 0 Å². The van der Waals surface area contributed by atoms with Crippen LogP contribution in [0.1, 0.15) is 42.9 Å². The summed E-state index contributed by atoms with van der Waals surface area (Å²) in [7, 11) is 0. The van der Waals surface area contributed by atoms with Crippen LogP contribution in [0.25, 0.3) is 0 Å². The van der Waals surface area contributed by atoms with Crippen LogP contribution in [-0.4, -0.2) is 17.0 Å². The van der Waals surface area contributed by atoms with Crippen molar-refractivity contribution >= 4 is 11.8 Å². The minimum Gasteiger partial charge on any atom is -0.310 e. The Bertz CT molecular complexity index is 368. The van der Waals surface area contributed by atoms with Gasteiger partial charge in [-0.05, 0) is 55.6 Å². The molecule has 1 aliphatic carbocycles. The van der Waals surface area contributed by atoms with Gasteiger partial charge >= 0.3 is 0 Å².